The summed E-state index contributed by atoms with van der Waals surface area (Å²) >= 11 is 0. The zero-order valence-corrected chi connectivity index (χ0v) is 12.7. The number of hydrogen-bond acceptors (Lipinski definition) is 4. The molecular formula is C15H26N4O. The van der Waals surface area contributed by atoms with Crippen molar-refractivity contribution in [2.45, 2.75) is 46.5 Å². The standard InChI is InChI=1S/C15H26N4O/c1-4-5-6-9-15(2,3)11-18-14(20)12-7-8-13(19-16)17-10-12/h7-8,10H,4-6,9,11,16H2,1-3H3,(H,17,19)(H,18,20). The van der Waals surface area contributed by atoms with Gasteiger partial charge in [-0.05, 0) is 24.0 Å². The lowest BCUT2D eigenvalue weighted by Gasteiger charge is -2.25. The predicted octanol–water partition coefficient (Wildman–Crippen LogP) is 2.70. The van der Waals surface area contributed by atoms with Crippen LogP contribution in [0.15, 0.2) is 18.3 Å². The Bertz CT molecular complexity index is 414. The third-order valence-electron chi connectivity index (χ3n) is 3.36. The molecule has 1 aromatic heterocycles. The van der Waals surface area contributed by atoms with Crippen LogP contribution in [0.3, 0.4) is 0 Å². The minimum absolute atomic E-state index is 0.0929. The topological polar surface area (TPSA) is 80.0 Å². The average molecular weight is 278 g/mol. The van der Waals surface area contributed by atoms with Gasteiger partial charge in [-0.15, -0.1) is 0 Å². The van der Waals surface area contributed by atoms with E-state index in [0.29, 0.717) is 17.9 Å². The van der Waals surface area contributed by atoms with Gasteiger partial charge in [-0.1, -0.05) is 40.0 Å². The van der Waals surface area contributed by atoms with Crippen LogP contribution in [0.2, 0.25) is 0 Å². The zero-order chi connectivity index (χ0) is 15.0. The highest BCUT2D eigenvalue weighted by atomic mass is 16.1. The summed E-state index contributed by atoms with van der Waals surface area (Å²) in [7, 11) is 0. The molecule has 1 rings (SSSR count). The number of rotatable bonds is 8. The van der Waals surface area contributed by atoms with Crippen LogP contribution in [0.25, 0.3) is 0 Å². The maximum atomic E-state index is 12.0. The molecule has 0 aliphatic rings. The summed E-state index contributed by atoms with van der Waals surface area (Å²) in [4.78, 5) is 16.0. The summed E-state index contributed by atoms with van der Waals surface area (Å²) < 4.78 is 0. The first-order valence-corrected chi connectivity index (χ1v) is 7.19. The number of nitrogens with one attached hydrogen (secondary N) is 2. The Morgan fingerprint density at radius 2 is 2.10 bits per heavy atom. The van der Waals surface area contributed by atoms with Crippen molar-refractivity contribution in [3.63, 3.8) is 0 Å². The molecule has 0 fully saturated rings. The van der Waals surface area contributed by atoms with Gasteiger partial charge in [-0.25, -0.2) is 10.8 Å². The Hall–Kier alpha value is -1.62. The van der Waals surface area contributed by atoms with Crippen LogP contribution in [0.4, 0.5) is 5.82 Å². The van der Waals surface area contributed by atoms with Crippen molar-refractivity contribution in [3.05, 3.63) is 23.9 Å². The van der Waals surface area contributed by atoms with E-state index in [9.17, 15) is 4.79 Å². The molecule has 1 heterocycles. The van der Waals surface area contributed by atoms with Crippen LogP contribution >= 0.6 is 0 Å². The fraction of sp³-hybridized carbons (Fsp3) is 0.600. The first-order valence-electron chi connectivity index (χ1n) is 7.19. The minimum Gasteiger partial charge on any atom is -0.351 e. The second kappa shape index (κ2) is 7.85. The number of carbonyl (C=O) groups excluding carboxylic acids is 1. The second-order valence-electron chi connectivity index (χ2n) is 5.88. The molecule has 1 amide bonds. The largest absolute Gasteiger partial charge is 0.351 e. The number of amides is 1. The van der Waals surface area contributed by atoms with Crippen molar-refractivity contribution in [2.75, 3.05) is 12.0 Å². The molecule has 0 bridgehead atoms. The van der Waals surface area contributed by atoms with Crippen molar-refractivity contribution >= 4 is 11.7 Å². The van der Waals surface area contributed by atoms with Crippen LogP contribution in [-0.2, 0) is 0 Å². The van der Waals surface area contributed by atoms with Crippen LogP contribution in [0.1, 0.15) is 56.8 Å². The van der Waals surface area contributed by atoms with Crippen LogP contribution < -0.4 is 16.6 Å². The molecule has 0 aromatic carbocycles. The predicted molar refractivity (Wildman–Crippen MR) is 82.3 cm³/mol. The van der Waals surface area contributed by atoms with Crippen LogP contribution in [-0.4, -0.2) is 17.4 Å². The van der Waals surface area contributed by atoms with Crippen molar-refractivity contribution in [2.24, 2.45) is 11.3 Å². The van der Waals surface area contributed by atoms with Gasteiger partial charge in [0.15, 0.2) is 0 Å². The van der Waals surface area contributed by atoms with E-state index in [1.807, 2.05) is 0 Å². The van der Waals surface area contributed by atoms with Gasteiger partial charge < -0.3 is 10.7 Å². The minimum atomic E-state index is -0.0929. The number of carbonyl (C=O) groups is 1. The Balaban J connectivity index is 2.45. The number of aromatic nitrogens is 1. The molecular weight excluding hydrogens is 252 g/mol. The van der Waals surface area contributed by atoms with Gasteiger partial charge >= 0.3 is 0 Å². The first kappa shape index (κ1) is 16.4. The Morgan fingerprint density at radius 1 is 1.35 bits per heavy atom. The SMILES string of the molecule is CCCCCC(C)(C)CNC(=O)c1ccc(NN)nc1. The van der Waals surface area contributed by atoms with Gasteiger partial charge in [0, 0.05) is 12.7 Å². The fourth-order valence-electron chi connectivity index (χ4n) is 1.98. The highest BCUT2D eigenvalue weighted by Crippen LogP contribution is 2.22. The van der Waals surface area contributed by atoms with E-state index in [1.54, 1.807) is 12.1 Å². The van der Waals surface area contributed by atoms with Crippen LogP contribution in [0.5, 0.6) is 0 Å². The molecule has 5 nitrogen and oxygen atoms in total. The molecule has 4 N–H and O–H groups in total. The summed E-state index contributed by atoms with van der Waals surface area (Å²) in [5.74, 6) is 5.69. The summed E-state index contributed by atoms with van der Waals surface area (Å²) in [5.41, 5.74) is 3.11. The molecule has 1 aromatic rings. The monoisotopic (exact) mass is 278 g/mol. The Labute approximate surface area is 121 Å². The van der Waals surface area contributed by atoms with Crippen molar-refractivity contribution in [3.8, 4) is 0 Å². The molecule has 0 aliphatic heterocycles. The van der Waals surface area contributed by atoms with Gasteiger partial charge in [0.25, 0.3) is 5.91 Å². The molecule has 112 valence electrons. The smallest absolute Gasteiger partial charge is 0.252 e. The number of pyridine rings is 1. The fourth-order valence-corrected chi connectivity index (χ4v) is 1.98. The van der Waals surface area contributed by atoms with E-state index < -0.39 is 0 Å². The lowest BCUT2D eigenvalue weighted by atomic mass is 9.87. The van der Waals surface area contributed by atoms with Crippen LogP contribution in [0, 0.1) is 5.41 Å². The molecule has 0 unspecified atom stereocenters. The zero-order valence-electron chi connectivity index (χ0n) is 12.7. The molecule has 0 atom stereocenters. The van der Waals surface area contributed by atoms with Crippen molar-refractivity contribution in [1.82, 2.24) is 10.3 Å². The number of unbranched alkanes of at least 4 members (excludes halogenated alkanes) is 2. The lowest BCUT2D eigenvalue weighted by Crippen LogP contribution is -2.34. The maximum absolute atomic E-state index is 12.0. The summed E-state index contributed by atoms with van der Waals surface area (Å²) in [5, 5.41) is 2.97. The van der Waals surface area contributed by atoms with Gasteiger partial charge in [0.2, 0.25) is 0 Å². The molecule has 20 heavy (non-hydrogen) atoms. The molecule has 5 heteroatoms. The highest BCUT2D eigenvalue weighted by Gasteiger charge is 2.18. The van der Waals surface area contributed by atoms with E-state index in [2.05, 4.69) is 36.5 Å². The molecule has 0 aliphatic carbocycles. The Kier molecular flexibility index (Phi) is 6.45. The van der Waals surface area contributed by atoms with E-state index >= 15 is 0 Å². The first-order chi connectivity index (χ1) is 9.48. The molecule has 0 spiro atoms. The summed E-state index contributed by atoms with van der Waals surface area (Å²) in [6, 6.07) is 3.39. The van der Waals surface area contributed by atoms with Gasteiger partial charge in [0.1, 0.15) is 5.82 Å². The van der Waals surface area contributed by atoms with E-state index in [1.165, 1.54) is 25.5 Å². The number of nitrogens with zero attached hydrogens (tertiary/aromatic N) is 1. The highest BCUT2D eigenvalue weighted by molar-refractivity contribution is 5.94. The molecule has 0 radical (unpaired) electrons. The maximum Gasteiger partial charge on any atom is 0.252 e. The summed E-state index contributed by atoms with van der Waals surface area (Å²) in [6.07, 6.45) is 6.31. The molecule has 0 saturated heterocycles. The quantitative estimate of drug-likeness (QED) is 0.388. The van der Waals surface area contributed by atoms with E-state index in [4.69, 9.17) is 5.84 Å². The number of hydrazine groups is 1. The normalized spacial score (nSPS) is 11.2. The van der Waals surface area contributed by atoms with Crippen molar-refractivity contribution in [1.29, 1.82) is 0 Å². The number of hydrogen-bond donors (Lipinski definition) is 3. The lowest BCUT2D eigenvalue weighted by molar-refractivity contribution is 0.0933. The van der Waals surface area contributed by atoms with E-state index in [0.717, 1.165) is 6.42 Å². The number of nitrogen functional groups attached to an aromatic ring is 1. The third kappa shape index (κ3) is 5.57. The number of nitrogens with two attached hydrogens (primary N) is 1. The Morgan fingerprint density at radius 3 is 2.65 bits per heavy atom. The van der Waals surface area contributed by atoms with Gasteiger partial charge in [-0.2, -0.15) is 0 Å². The average Bonchev–Trinajstić information content (AvgIpc) is 2.45. The van der Waals surface area contributed by atoms with Crippen molar-refractivity contribution < 1.29 is 4.79 Å². The third-order valence-corrected chi connectivity index (χ3v) is 3.36. The number of anilines is 1. The molecule has 0 saturated carbocycles. The van der Waals surface area contributed by atoms with Gasteiger partial charge in [-0.3, -0.25) is 4.79 Å². The summed E-state index contributed by atoms with van der Waals surface area (Å²) in [6.45, 7) is 7.24. The van der Waals surface area contributed by atoms with Gasteiger partial charge in [0.05, 0.1) is 5.56 Å². The second-order valence-corrected chi connectivity index (χ2v) is 5.88. The van der Waals surface area contributed by atoms with E-state index in [-0.39, 0.29) is 11.3 Å².